The predicted molar refractivity (Wildman–Crippen MR) is 132 cm³/mol. The lowest BCUT2D eigenvalue weighted by molar-refractivity contribution is 0.451. The molecule has 0 saturated heterocycles. The Morgan fingerprint density at radius 2 is 1.24 bits per heavy atom. The van der Waals surface area contributed by atoms with E-state index in [0.29, 0.717) is 5.56 Å². The molecule has 0 unspecified atom stereocenters. The average molecular weight is 432 g/mol. The third-order valence-corrected chi connectivity index (χ3v) is 5.85. The van der Waals surface area contributed by atoms with Crippen LogP contribution in [0.15, 0.2) is 54.6 Å². The van der Waals surface area contributed by atoms with Crippen LogP contribution >= 0.6 is 0 Å². The van der Waals surface area contributed by atoms with Crippen molar-refractivity contribution >= 4 is 46.4 Å². The summed E-state index contributed by atoms with van der Waals surface area (Å²) in [4.78, 5) is 16.5. The lowest BCUT2D eigenvalue weighted by atomic mass is 10.0. The SMILES string of the molecule is Cc1c2nc(cc3nc(c(-c4cc(O)cc(O)c4)c4ccc(cc5ccc1[nH]5)[nH]4)C=C3)C=C2. The topological polar surface area (TPSA) is 97.8 Å². The van der Waals surface area contributed by atoms with E-state index in [1.807, 2.05) is 54.6 Å². The molecule has 6 nitrogen and oxygen atoms in total. The van der Waals surface area contributed by atoms with Crippen molar-refractivity contribution in [1.82, 2.24) is 19.9 Å². The highest BCUT2D eigenvalue weighted by Crippen LogP contribution is 2.34. The molecule has 160 valence electrons. The van der Waals surface area contributed by atoms with Crippen LogP contribution < -0.4 is 0 Å². The number of aromatic hydroxyl groups is 2. The number of benzene rings is 1. The van der Waals surface area contributed by atoms with Gasteiger partial charge in [-0.1, -0.05) is 0 Å². The quantitative estimate of drug-likeness (QED) is 0.254. The Morgan fingerprint density at radius 3 is 1.97 bits per heavy atom. The van der Waals surface area contributed by atoms with Crippen molar-refractivity contribution in [2.24, 2.45) is 0 Å². The van der Waals surface area contributed by atoms with Crippen LogP contribution in [0.4, 0.5) is 0 Å². The second-order valence-electron chi connectivity index (χ2n) is 8.19. The van der Waals surface area contributed by atoms with Crippen LogP contribution in [0.5, 0.6) is 11.5 Å². The van der Waals surface area contributed by atoms with E-state index in [9.17, 15) is 10.2 Å². The number of hydrogen-bond donors (Lipinski definition) is 4. The van der Waals surface area contributed by atoms with Crippen LogP contribution in [0.3, 0.4) is 0 Å². The number of aromatic amines is 2. The zero-order chi connectivity index (χ0) is 22.5. The molecule has 0 spiro atoms. The standard InChI is InChI=1S/C27H20N4O2/c1-15-23-6-2-17(28-23)12-19-4-8-25(30-19)27(16-10-21(32)14-22(33)11-16)26-9-5-20(31-26)13-18-3-7-24(15)29-18/h2-14,28,30,32-33H,1H3. The first-order valence-corrected chi connectivity index (χ1v) is 10.6. The third kappa shape index (κ3) is 3.47. The van der Waals surface area contributed by atoms with Gasteiger partial charge in [0, 0.05) is 33.7 Å². The Kier molecular flexibility index (Phi) is 4.20. The molecule has 0 atom stereocenters. The molecule has 2 aliphatic heterocycles. The molecule has 5 heterocycles. The van der Waals surface area contributed by atoms with E-state index < -0.39 is 0 Å². The second kappa shape index (κ2) is 7.24. The van der Waals surface area contributed by atoms with E-state index in [1.54, 1.807) is 12.1 Å². The summed E-state index contributed by atoms with van der Waals surface area (Å²) in [5, 5.41) is 20.2. The van der Waals surface area contributed by atoms with Crippen LogP contribution in [0.1, 0.15) is 28.3 Å². The fourth-order valence-corrected chi connectivity index (χ4v) is 4.26. The van der Waals surface area contributed by atoms with Gasteiger partial charge < -0.3 is 20.2 Å². The minimum atomic E-state index is -0.0135. The number of rotatable bonds is 1. The van der Waals surface area contributed by atoms with Crippen molar-refractivity contribution in [2.75, 3.05) is 0 Å². The summed E-state index contributed by atoms with van der Waals surface area (Å²) in [5.74, 6) is -0.0271. The van der Waals surface area contributed by atoms with E-state index >= 15 is 0 Å². The molecule has 8 bridgehead atoms. The highest BCUT2D eigenvalue weighted by molar-refractivity contribution is 5.91. The maximum Gasteiger partial charge on any atom is 0.119 e. The van der Waals surface area contributed by atoms with Gasteiger partial charge in [-0.3, -0.25) is 0 Å². The largest absolute Gasteiger partial charge is 0.508 e. The lowest BCUT2D eigenvalue weighted by Crippen LogP contribution is -1.86. The van der Waals surface area contributed by atoms with Crippen LogP contribution in [0.25, 0.3) is 57.5 Å². The van der Waals surface area contributed by atoms with Crippen molar-refractivity contribution in [1.29, 1.82) is 0 Å². The van der Waals surface area contributed by atoms with Gasteiger partial charge in [0.15, 0.2) is 0 Å². The van der Waals surface area contributed by atoms with Gasteiger partial charge in [-0.15, -0.1) is 0 Å². The molecule has 4 N–H and O–H groups in total. The minimum absolute atomic E-state index is 0.0135. The van der Waals surface area contributed by atoms with Crippen LogP contribution in [-0.2, 0) is 0 Å². The van der Waals surface area contributed by atoms with Crippen LogP contribution in [-0.4, -0.2) is 30.1 Å². The zero-order valence-electron chi connectivity index (χ0n) is 17.8. The smallest absolute Gasteiger partial charge is 0.119 e. The number of fused-ring (bicyclic) bond motifs is 8. The van der Waals surface area contributed by atoms with Crippen molar-refractivity contribution in [3.63, 3.8) is 0 Å². The van der Waals surface area contributed by atoms with Gasteiger partial charge in [0.25, 0.3) is 0 Å². The maximum atomic E-state index is 10.1. The van der Waals surface area contributed by atoms with Gasteiger partial charge in [-0.25, -0.2) is 9.97 Å². The molecule has 6 heteroatoms. The second-order valence-corrected chi connectivity index (χ2v) is 8.19. The number of phenolic OH excluding ortho intramolecular Hbond substituents is 2. The van der Waals surface area contributed by atoms with E-state index in [-0.39, 0.29) is 11.5 Å². The van der Waals surface area contributed by atoms with Crippen molar-refractivity contribution in [3.8, 4) is 22.6 Å². The van der Waals surface area contributed by atoms with E-state index in [4.69, 9.17) is 9.97 Å². The molecule has 3 aromatic heterocycles. The van der Waals surface area contributed by atoms with E-state index in [1.165, 1.54) is 6.07 Å². The first-order chi connectivity index (χ1) is 16.0. The van der Waals surface area contributed by atoms with Gasteiger partial charge in [0.2, 0.25) is 0 Å². The summed E-state index contributed by atoms with van der Waals surface area (Å²) in [5.41, 5.74) is 9.48. The molecule has 4 aromatic rings. The predicted octanol–water partition coefficient (Wildman–Crippen LogP) is 6.04. The summed E-state index contributed by atoms with van der Waals surface area (Å²) < 4.78 is 0. The number of H-pyrrole nitrogens is 2. The number of hydrogen-bond acceptors (Lipinski definition) is 4. The third-order valence-electron chi connectivity index (χ3n) is 5.85. The lowest BCUT2D eigenvalue weighted by Gasteiger charge is -2.05. The fourth-order valence-electron chi connectivity index (χ4n) is 4.26. The molecule has 0 aliphatic carbocycles. The Balaban J connectivity index is 1.74. The summed E-state index contributed by atoms with van der Waals surface area (Å²) in [6.07, 6.45) is 7.86. The van der Waals surface area contributed by atoms with Gasteiger partial charge in [-0.05, 0) is 90.9 Å². The van der Waals surface area contributed by atoms with Crippen molar-refractivity contribution in [3.05, 3.63) is 82.9 Å². The number of nitrogens with zero attached hydrogens (tertiary/aromatic N) is 2. The molecule has 33 heavy (non-hydrogen) atoms. The highest BCUT2D eigenvalue weighted by Gasteiger charge is 2.13. The van der Waals surface area contributed by atoms with Gasteiger partial charge in [-0.2, -0.15) is 0 Å². The Bertz CT molecular complexity index is 1630. The molecule has 0 radical (unpaired) electrons. The Hall–Kier alpha value is -4.58. The van der Waals surface area contributed by atoms with E-state index in [2.05, 4.69) is 23.0 Å². The zero-order valence-corrected chi connectivity index (χ0v) is 17.8. The summed E-state index contributed by atoms with van der Waals surface area (Å²) in [7, 11) is 0. The minimum Gasteiger partial charge on any atom is -0.508 e. The Labute approximate surface area is 189 Å². The monoisotopic (exact) mass is 432 g/mol. The first-order valence-electron chi connectivity index (χ1n) is 10.6. The number of aromatic nitrogens is 4. The summed E-state index contributed by atoms with van der Waals surface area (Å²) in [6.45, 7) is 2.06. The molecule has 2 aliphatic rings. The summed E-state index contributed by atoms with van der Waals surface area (Å²) >= 11 is 0. The van der Waals surface area contributed by atoms with Crippen LogP contribution in [0.2, 0.25) is 0 Å². The average Bonchev–Trinajstić information content (AvgIpc) is 3.56. The summed E-state index contributed by atoms with van der Waals surface area (Å²) in [6, 6.07) is 16.6. The highest BCUT2D eigenvalue weighted by atomic mass is 16.3. The molecular weight excluding hydrogens is 412 g/mol. The molecular formula is C27H20N4O2. The number of aryl methyl sites for hydroxylation is 1. The molecule has 0 saturated carbocycles. The van der Waals surface area contributed by atoms with Gasteiger partial charge >= 0.3 is 0 Å². The molecule has 6 rings (SSSR count). The normalized spacial score (nSPS) is 12.4. The van der Waals surface area contributed by atoms with Crippen LogP contribution in [0, 0.1) is 6.92 Å². The van der Waals surface area contributed by atoms with Gasteiger partial charge in [0.1, 0.15) is 11.5 Å². The van der Waals surface area contributed by atoms with Gasteiger partial charge in [0.05, 0.1) is 22.8 Å². The van der Waals surface area contributed by atoms with E-state index in [0.717, 1.165) is 56.0 Å². The first kappa shape index (κ1) is 19.1. The van der Waals surface area contributed by atoms with Crippen molar-refractivity contribution in [2.45, 2.75) is 6.92 Å². The fraction of sp³-hybridized carbons (Fsp3) is 0.0370. The molecule has 0 amide bonds. The number of phenols is 2. The van der Waals surface area contributed by atoms with Crippen molar-refractivity contribution < 1.29 is 10.2 Å². The molecule has 0 fully saturated rings. The number of nitrogens with one attached hydrogen (secondary N) is 2. The maximum absolute atomic E-state index is 10.1. The molecule has 1 aromatic carbocycles. The Morgan fingerprint density at radius 1 is 0.636 bits per heavy atom.